The van der Waals surface area contributed by atoms with Crippen molar-refractivity contribution in [2.75, 3.05) is 18.0 Å². The summed E-state index contributed by atoms with van der Waals surface area (Å²) in [4.78, 5) is 27.5. The minimum Gasteiger partial charge on any atom is -0.481 e. The number of rotatable bonds is 4. The predicted molar refractivity (Wildman–Crippen MR) is 72.8 cm³/mol. The second kappa shape index (κ2) is 5.85. The summed E-state index contributed by atoms with van der Waals surface area (Å²) < 4.78 is 0. The molecular formula is C13H17N3O4. The highest BCUT2D eigenvalue weighted by molar-refractivity contribution is 5.67. The first kappa shape index (κ1) is 14.2. The molecule has 20 heavy (non-hydrogen) atoms. The van der Waals surface area contributed by atoms with E-state index in [-0.39, 0.29) is 18.0 Å². The van der Waals surface area contributed by atoms with Crippen LogP contribution in [-0.4, -0.2) is 34.1 Å². The fourth-order valence-electron chi connectivity index (χ4n) is 2.58. The zero-order chi connectivity index (χ0) is 14.7. The van der Waals surface area contributed by atoms with Crippen LogP contribution < -0.4 is 4.90 Å². The first-order valence-electron chi connectivity index (χ1n) is 6.56. The monoisotopic (exact) mass is 279 g/mol. The summed E-state index contributed by atoms with van der Waals surface area (Å²) in [7, 11) is 0. The topological polar surface area (TPSA) is 96.6 Å². The van der Waals surface area contributed by atoms with Crippen molar-refractivity contribution in [1.29, 1.82) is 0 Å². The number of aryl methyl sites for hydroxylation is 1. The number of nitrogens with zero attached hydrogens (tertiary/aromatic N) is 3. The minimum absolute atomic E-state index is 0.0168. The summed E-state index contributed by atoms with van der Waals surface area (Å²) in [6.07, 6.45) is 1.75. The van der Waals surface area contributed by atoms with Crippen molar-refractivity contribution in [3.63, 3.8) is 0 Å². The van der Waals surface area contributed by atoms with E-state index >= 15 is 0 Å². The number of carboxylic acids is 1. The lowest BCUT2D eigenvalue weighted by Gasteiger charge is -2.32. The van der Waals surface area contributed by atoms with Crippen LogP contribution in [0.5, 0.6) is 0 Å². The van der Waals surface area contributed by atoms with Crippen LogP contribution in [0.3, 0.4) is 0 Å². The molecule has 0 spiro atoms. The molecule has 1 saturated heterocycles. The summed E-state index contributed by atoms with van der Waals surface area (Å²) in [5.74, 6) is -0.461. The maximum absolute atomic E-state index is 11.1. The van der Waals surface area contributed by atoms with Gasteiger partial charge in [-0.3, -0.25) is 14.9 Å². The quantitative estimate of drug-likeness (QED) is 0.668. The van der Waals surface area contributed by atoms with Gasteiger partial charge >= 0.3 is 11.7 Å². The average molecular weight is 279 g/mol. The van der Waals surface area contributed by atoms with E-state index < -0.39 is 10.9 Å². The molecule has 2 heterocycles. The fraction of sp³-hybridized carbons (Fsp3) is 0.538. The van der Waals surface area contributed by atoms with Crippen LogP contribution in [0.4, 0.5) is 11.5 Å². The molecule has 0 saturated carbocycles. The van der Waals surface area contributed by atoms with E-state index in [0.717, 1.165) is 12.8 Å². The van der Waals surface area contributed by atoms with Crippen molar-refractivity contribution < 1.29 is 14.8 Å². The number of anilines is 1. The Hall–Kier alpha value is -2.18. The van der Waals surface area contributed by atoms with E-state index in [0.29, 0.717) is 24.6 Å². The van der Waals surface area contributed by atoms with Gasteiger partial charge in [0.25, 0.3) is 0 Å². The van der Waals surface area contributed by atoms with Crippen molar-refractivity contribution in [3.8, 4) is 0 Å². The number of hydrogen-bond donors (Lipinski definition) is 1. The maximum atomic E-state index is 11.1. The van der Waals surface area contributed by atoms with Crippen molar-refractivity contribution in [2.24, 2.45) is 5.92 Å². The molecule has 7 nitrogen and oxygen atoms in total. The molecule has 1 aliphatic rings. The van der Waals surface area contributed by atoms with E-state index in [2.05, 4.69) is 4.98 Å². The van der Waals surface area contributed by atoms with Crippen LogP contribution in [0.1, 0.15) is 25.0 Å². The molecule has 2 rings (SSSR count). The summed E-state index contributed by atoms with van der Waals surface area (Å²) in [5.41, 5.74) is 0.692. The normalized spacial score (nSPS) is 18.9. The van der Waals surface area contributed by atoms with Gasteiger partial charge in [-0.1, -0.05) is 0 Å². The third-order valence-corrected chi connectivity index (χ3v) is 3.47. The highest BCUT2D eigenvalue weighted by Gasteiger charge is 2.27. The summed E-state index contributed by atoms with van der Waals surface area (Å²) >= 11 is 0. The summed E-state index contributed by atoms with van der Waals surface area (Å²) in [5, 5.41) is 19.9. The van der Waals surface area contributed by atoms with Gasteiger partial charge in [0.1, 0.15) is 0 Å². The van der Waals surface area contributed by atoms with Crippen molar-refractivity contribution in [1.82, 2.24) is 4.98 Å². The molecular weight excluding hydrogens is 262 g/mol. The molecule has 0 radical (unpaired) electrons. The average Bonchev–Trinajstić information content (AvgIpc) is 2.37. The molecule has 1 fully saturated rings. The van der Waals surface area contributed by atoms with Gasteiger partial charge in [-0.05, 0) is 31.7 Å². The number of pyridine rings is 1. The second-order valence-corrected chi connectivity index (χ2v) is 5.10. The molecule has 0 amide bonds. The lowest BCUT2D eigenvalue weighted by atomic mass is 9.95. The van der Waals surface area contributed by atoms with E-state index in [1.165, 1.54) is 6.07 Å². The van der Waals surface area contributed by atoms with Crippen LogP contribution in [0.15, 0.2) is 12.1 Å². The van der Waals surface area contributed by atoms with Gasteiger partial charge in [0.15, 0.2) is 0 Å². The number of carboxylic acid groups (broad SMARTS) is 1. The van der Waals surface area contributed by atoms with Gasteiger partial charge in [0, 0.05) is 31.3 Å². The molecule has 1 unspecified atom stereocenters. The van der Waals surface area contributed by atoms with Gasteiger partial charge in [-0.15, -0.1) is 0 Å². The number of hydrogen-bond acceptors (Lipinski definition) is 5. The standard InChI is InChI=1S/C13H17N3O4/c1-9-4-5-11(16(19)20)13(14-9)15-6-2-3-10(8-15)7-12(17)18/h4-5,10H,2-3,6-8H2,1H3,(H,17,18). The van der Waals surface area contributed by atoms with E-state index in [4.69, 9.17) is 5.11 Å². The van der Waals surface area contributed by atoms with Crippen LogP contribution in [0, 0.1) is 23.0 Å². The van der Waals surface area contributed by atoms with Crippen LogP contribution >= 0.6 is 0 Å². The molecule has 108 valence electrons. The largest absolute Gasteiger partial charge is 0.481 e. The molecule has 1 aliphatic heterocycles. The summed E-state index contributed by atoms with van der Waals surface area (Å²) in [6, 6.07) is 3.07. The van der Waals surface area contributed by atoms with E-state index in [1.54, 1.807) is 13.0 Å². The van der Waals surface area contributed by atoms with E-state index in [9.17, 15) is 14.9 Å². The zero-order valence-corrected chi connectivity index (χ0v) is 11.3. The van der Waals surface area contributed by atoms with E-state index in [1.807, 2.05) is 4.90 Å². The third kappa shape index (κ3) is 3.23. The minimum atomic E-state index is -0.830. The Morgan fingerprint density at radius 2 is 2.35 bits per heavy atom. The predicted octanol–water partition coefficient (Wildman–Crippen LogP) is 1.99. The maximum Gasteiger partial charge on any atom is 0.311 e. The molecule has 0 aliphatic carbocycles. The van der Waals surface area contributed by atoms with Crippen LogP contribution in [-0.2, 0) is 4.79 Å². The molecule has 1 atom stereocenters. The number of aromatic nitrogens is 1. The Kier molecular flexibility index (Phi) is 4.16. The first-order chi connectivity index (χ1) is 9.47. The number of aliphatic carboxylic acids is 1. The van der Waals surface area contributed by atoms with Crippen LogP contribution in [0.25, 0.3) is 0 Å². The first-order valence-corrected chi connectivity index (χ1v) is 6.56. The van der Waals surface area contributed by atoms with Crippen molar-refractivity contribution in [3.05, 3.63) is 27.9 Å². The van der Waals surface area contributed by atoms with Gasteiger partial charge in [-0.2, -0.15) is 0 Å². The zero-order valence-electron chi connectivity index (χ0n) is 11.3. The van der Waals surface area contributed by atoms with Gasteiger partial charge in [0.05, 0.1) is 4.92 Å². The Labute approximate surface area is 116 Å². The second-order valence-electron chi connectivity index (χ2n) is 5.10. The fourth-order valence-corrected chi connectivity index (χ4v) is 2.58. The Morgan fingerprint density at radius 3 is 3.00 bits per heavy atom. The van der Waals surface area contributed by atoms with Gasteiger partial charge in [0.2, 0.25) is 5.82 Å². The molecule has 1 aromatic heterocycles. The Morgan fingerprint density at radius 1 is 1.60 bits per heavy atom. The van der Waals surface area contributed by atoms with Crippen LogP contribution in [0.2, 0.25) is 0 Å². The molecule has 0 aromatic carbocycles. The van der Waals surface area contributed by atoms with Gasteiger partial charge in [-0.25, -0.2) is 4.98 Å². The Balaban J connectivity index is 2.24. The SMILES string of the molecule is Cc1ccc([N+](=O)[O-])c(N2CCCC(CC(=O)O)C2)n1. The molecule has 0 bridgehead atoms. The number of nitro groups is 1. The van der Waals surface area contributed by atoms with Gasteiger partial charge < -0.3 is 10.0 Å². The van der Waals surface area contributed by atoms with Crippen molar-refractivity contribution in [2.45, 2.75) is 26.2 Å². The lowest BCUT2D eigenvalue weighted by Crippen LogP contribution is -2.37. The number of carbonyl (C=O) groups is 1. The lowest BCUT2D eigenvalue weighted by molar-refractivity contribution is -0.384. The number of piperidine rings is 1. The molecule has 1 aromatic rings. The molecule has 1 N–H and O–H groups in total. The van der Waals surface area contributed by atoms with Crippen molar-refractivity contribution >= 4 is 17.5 Å². The highest BCUT2D eigenvalue weighted by atomic mass is 16.6. The molecule has 7 heteroatoms. The highest BCUT2D eigenvalue weighted by Crippen LogP contribution is 2.30. The Bertz CT molecular complexity index is 532. The third-order valence-electron chi connectivity index (χ3n) is 3.47. The smallest absolute Gasteiger partial charge is 0.311 e. The summed E-state index contributed by atoms with van der Waals surface area (Å²) in [6.45, 7) is 2.96.